The minimum atomic E-state index is -1.23. The molecule has 9 nitrogen and oxygen atoms in total. The van der Waals surface area contributed by atoms with Crippen LogP contribution in [0.3, 0.4) is 0 Å². The number of carbonyl (C=O) groups is 2. The predicted molar refractivity (Wildman–Crippen MR) is 170 cm³/mol. The molecule has 1 aliphatic carbocycles. The number of aromatic hydroxyl groups is 1. The molecule has 0 atom stereocenters. The molecule has 0 unspecified atom stereocenters. The van der Waals surface area contributed by atoms with E-state index in [4.69, 9.17) is 25.5 Å². The van der Waals surface area contributed by atoms with Crippen LogP contribution in [0.25, 0.3) is 33.4 Å². The number of amides is 1. The maximum Gasteiger partial charge on any atom is 0.336 e. The van der Waals surface area contributed by atoms with Crippen LogP contribution in [0.4, 0.5) is 0 Å². The molecule has 1 amide bonds. The van der Waals surface area contributed by atoms with Gasteiger partial charge in [-0.15, -0.1) is 11.6 Å². The van der Waals surface area contributed by atoms with E-state index in [-0.39, 0.29) is 46.8 Å². The zero-order valence-electron chi connectivity index (χ0n) is 24.5. The molecule has 0 saturated heterocycles. The highest BCUT2D eigenvalue weighted by atomic mass is 35.5. The minimum Gasteiger partial charge on any atom is -0.508 e. The van der Waals surface area contributed by atoms with Crippen LogP contribution >= 0.6 is 11.6 Å². The number of ether oxygens (including phenoxy) is 2. The van der Waals surface area contributed by atoms with Gasteiger partial charge in [0.05, 0.1) is 24.5 Å². The summed E-state index contributed by atoms with van der Waals surface area (Å²) in [4.78, 5) is 37.3. The molecule has 230 valence electrons. The van der Waals surface area contributed by atoms with E-state index in [0.717, 1.165) is 18.6 Å². The molecular weight excluding hydrogens is 586 g/mol. The third kappa shape index (κ3) is 8.06. The molecule has 0 saturated carbocycles. The lowest BCUT2D eigenvalue weighted by Crippen LogP contribution is -2.28. The van der Waals surface area contributed by atoms with E-state index < -0.39 is 11.9 Å². The van der Waals surface area contributed by atoms with Gasteiger partial charge >= 0.3 is 5.97 Å². The summed E-state index contributed by atoms with van der Waals surface area (Å²) in [6, 6.07) is 13.1. The summed E-state index contributed by atoms with van der Waals surface area (Å²) in [5.41, 5.74) is 2.58. The zero-order chi connectivity index (χ0) is 31.6. The number of allylic oxidation sites excluding steroid dienone is 4. The zero-order valence-corrected chi connectivity index (χ0v) is 25.3. The van der Waals surface area contributed by atoms with E-state index in [9.17, 15) is 24.6 Å². The van der Waals surface area contributed by atoms with E-state index in [1.165, 1.54) is 42.0 Å². The number of halogens is 1. The van der Waals surface area contributed by atoms with Crippen molar-refractivity contribution in [1.82, 2.24) is 5.32 Å². The van der Waals surface area contributed by atoms with E-state index >= 15 is 0 Å². The first-order chi connectivity index (χ1) is 21.2. The Morgan fingerprint density at radius 1 is 1.00 bits per heavy atom. The first-order valence-electron chi connectivity index (χ1n) is 14.2. The molecule has 44 heavy (non-hydrogen) atoms. The molecule has 1 heterocycles. The van der Waals surface area contributed by atoms with Gasteiger partial charge in [0.15, 0.2) is 5.43 Å². The number of aromatic carboxylic acids is 1. The van der Waals surface area contributed by atoms with Crippen LogP contribution in [0.1, 0.15) is 47.4 Å². The molecule has 2 aromatic carbocycles. The van der Waals surface area contributed by atoms with E-state index in [2.05, 4.69) is 5.32 Å². The van der Waals surface area contributed by atoms with Crippen molar-refractivity contribution in [3.63, 3.8) is 0 Å². The van der Waals surface area contributed by atoms with Crippen molar-refractivity contribution in [3.05, 3.63) is 99.4 Å². The van der Waals surface area contributed by atoms with Crippen molar-refractivity contribution in [1.29, 1.82) is 0 Å². The maximum atomic E-state index is 12.9. The third-order valence-corrected chi connectivity index (χ3v) is 7.09. The van der Waals surface area contributed by atoms with Crippen LogP contribution in [0.2, 0.25) is 0 Å². The Morgan fingerprint density at radius 2 is 1.80 bits per heavy atom. The second kappa shape index (κ2) is 15.2. The molecular formula is C34H34ClNO8. The number of alkyl halides is 1. The highest BCUT2D eigenvalue weighted by molar-refractivity contribution is 6.18. The van der Waals surface area contributed by atoms with Crippen molar-refractivity contribution in [2.45, 2.75) is 26.7 Å². The molecule has 0 radical (unpaired) electrons. The summed E-state index contributed by atoms with van der Waals surface area (Å²) in [5, 5.41) is 23.4. The van der Waals surface area contributed by atoms with Crippen molar-refractivity contribution in [2.24, 2.45) is 0 Å². The number of benzene rings is 3. The van der Waals surface area contributed by atoms with Gasteiger partial charge in [0.1, 0.15) is 23.7 Å². The van der Waals surface area contributed by atoms with E-state index in [0.29, 0.717) is 41.2 Å². The van der Waals surface area contributed by atoms with Gasteiger partial charge in [-0.2, -0.15) is 0 Å². The minimum absolute atomic E-state index is 0.0456. The molecule has 0 bridgehead atoms. The molecule has 2 aliphatic rings. The van der Waals surface area contributed by atoms with Crippen molar-refractivity contribution >= 4 is 34.4 Å². The average Bonchev–Trinajstić information content (AvgIpc) is 3.00. The number of nitrogens with one attached hydrogen (secondary N) is 1. The number of hydrogen-bond donors (Lipinski definition) is 3. The van der Waals surface area contributed by atoms with Crippen LogP contribution in [-0.2, 0) is 9.47 Å². The number of phenols is 1. The van der Waals surface area contributed by atoms with Gasteiger partial charge < -0.3 is 29.4 Å². The highest BCUT2D eigenvalue weighted by Crippen LogP contribution is 2.42. The summed E-state index contributed by atoms with van der Waals surface area (Å²) in [7, 11) is 0. The van der Waals surface area contributed by atoms with Crippen molar-refractivity contribution in [2.75, 3.05) is 32.2 Å². The maximum absolute atomic E-state index is 12.9. The highest BCUT2D eigenvalue weighted by Gasteiger charge is 2.23. The Morgan fingerprint density at radius 3 is 2.55 bits per heavy atom. The van der Waals surface area contributed by atoms with E-state index in [1.807, 2.05) is 26.0 Å². The Kier molecular flexibility index (Phi) is 11.2. The number of phenolic OH excluding ortho intramolecular Hbond substituents is 1. The first-order valence-corrected chi connectivity index (χ1v) is 14.7. The van der Waals surface area contributed by atoms with Crippen LogP contribution in [0.5, 0.6) is 5.75 Å². The molecule has 1 aliphatic heterocycles. The molecule has 2 aromatic rings. The quantitative estimate of drug-likeness (QED) is 0.0472. The second-order valence-electron chi connectivity index (χ2n) is 10.0. The molecule has 0 spiro atoms. The third-order valence-electron chi connectivity index (χ3n) is 6.90. The van der Waals surface area contributed by atoms with Gasteiger partial charge in [-0.05, 0) is 61.4 Å². The van der Waals surface area contributed by atoms with Gasteiger partial charge in [0, 0.05) is 53.1 Å². The average molecular weight is 620 g/mol. The Labute approximate surface area is 259 Å². The summed E-state index contributed by atoms with van der Waals surface area (Å²) in [6.07, 6.45) is 5.49. The fraction of sp³-hybridized carbons (Fsp3) is 0.265. The second-order valence-corrected chi connectivity index (χ2v) is 10.4. The lowest BCUT2D eigenvalue weighted by molar-refractivity contribution is 0.0697. The van der Waals surface area contributed by atoms with Gasteiger partial charge in [-0.1, -0.05) is 24.6 Å². The number of carbonyl (C=O) groups excluding carboxylic acids is 1. The summed E-state index contributed by atoms with van der Waals surface area (Å²) in [6.45, 7) is 5.19. The Bertz CT molecular complexity index is 1740. The first kappa shape index (κ1) is 32.3. The summed E-state index contributed by atoms with van der Waals surface area (Å²) >= 11 is 5.76. The molecule has 3 N–H and O–H groups in total. The SMILES string of the molecule is CC/C(=C\C=C(/C)CCCl)OCCOCCNC(=O)c1ccc(-c2c3ccc(=O)cc-3oc3cc(O)ccc23)c(C(=O)O)c1. The fourth-order valence-electron chi connectivity index (χ4n) is 4.64. The van der Waals surface area contributed by atoms with Gasteiger partial charge in [-0.25, -0.2) is 4.79 Å². The smallest absolute Gasteiger partial charge is 0.336 e. The molecule has 0 aromatic heterocycles. The Balaban J connectivity index is 1.43. The lowest BCUT2D eigenvalue weighted by atomic mass is 9.90. The van der Waals surface area contributed by atoms with Crippen LogP contribution in [0, 0.1) is 0 Å². The van der Waals surface area contributed by atoms with Gasteiger partial charge in [-0.3, -0.25) is 9.59 Å². The number of carboxylic acid groups (broad SMARTS) is 1. The topological polar surface area (TPSA) is 135 Å². The normalized spacial score (nSPS) is 12.1. The number of carboxylic acids is 1. The number of fused-ring (bicyclic) bond motifs is 2. The monoisotopic (exact) mass is 619 g/mol. The standard InChI is InChI=1S/C34H34ClNO8/c1-3-25(8-4-21(2)12-13-35)43-17-16-42-15-14-36-33(39)22-5-9-26(29(18-22)34(40)41)32-27-10-6-23(37)19-30(27)44-31-20-24(38)7-11-28(31)32/h4-11,18-20,37H,3,12-17H2,1-2H3,(H,36,39)(H,40,41)/b21-4+,25-8+. The molecule has 4 rings (SSSR count). The van der Waals surface area contributed by atoms with Gasteiger partial charge in [0.25, 0.3) is 5.91 Å². The molecule has 10 heteroatoms. The number of rotatable bonds is 14. The van der Waals surface area contributed by atoms with E-state index in [1.54, 1.807) is 18.2 Å². The Hall–Kier alpha value is -4.60. The van der Waals surface area contributed by atoms with Crippen LogP contribution in [-0.4, -0.2) is 54.3 Å². The predicted octanol–water partition coefficient (Wildman–Crippen LogP) is 6.60. The lowest BCUT2D eigenvalue weighted by Gasteiger charge is -2.17. The van der Waals surface area contributed by atoms with Gasteiger partial charge in [0.2, 0.25) is 0 Å². The molecule has 0 fully saturated rings. The fourth-order valence-corrected chi connectivity index (χ4v) is 4.94. The van der Waals surface area contributed by atoms with Crippen LogP contribution in [0.15, 0.2) is 87.3 Å². The summed E-state index contributed by atoms with van der Waals surface area (Å²) in [5.74, 6) is -0.0717. The van der Waals surface area contributed by atoms with Crippen molar-refractivity contribution in [3.8, 4) is 28.2 Å². The van der Waals surface area contributed by atoms with Crippen LogP contribution < -0.4 is 10.7 Å². The summed E-state index contributed by atoms with van der Waals surface area (Å²) < 4.78 is 17.2. The number of hydrogen-bond acceptors (Lipinski definition) is 7. The van der Waals surface area contributed by atoms with Crippen molar-refractivity contribution < 1.29 is 33.7 Å². The largest absolute Gasteiger partial charge is 0.508 e.